The van der Waals surface area contributed by atoms with Crippen LogP contribution in [-0.2, 0) is 9.31 Å². The van der Waals surface area contributed by atoms with E-state index >= 15 is 0 Å². The third kappa shape index (κ3) is 2.47. The average Bonchev–Trinajstić information content (AvgIpc) is 2.03. The summed E-state index contributed by atoms with van der Waals surface area (Å²) in [4.78, 5) is 0. The van der Waals surface area contributed by atoms with Crippen molar-refractivity contribution in [3.63, 3.8) is 0 Å². The van der Waals surface area contributed by atoms with Gasteiger partial charge in [0.05, 0.1) is 8.07 Å². The van der Waals surface area contributed by atoms with Gasteiger partial charge in [0.2, 0.25) is 0 Å². The quantitative estimate of drug-likeness (QED) is 0.610. The molecule has 1 saturated heterocycles. The van der Waals surface area contributed by atoms with Crippen LogP contribution in [0.3, 0.4) is 0 Å². The fourth-order valence-corrected chi connectivity index (χ4v) is 1.92. The fraction of sp³-hybridized carbons (Fsp3) is 0.750. The van der Waals surface area contributed by atoms with Crippen molar-refractivity contribution in [1.82, 2.24) is 0 Å². The molecule has 0 bridgehead atoms. The van der Waals surface area contributed by atoms with Gasteiger partial charge in [0.25, 0.3) is 0 Å². The Morgan fingerprint density at radius 1 is 1.25 bits per heavy atom. The minimum absolute atomic E-state index is 0.120. The van der Waals surface area contributed by atoms with Crippen LogP contribution in [0.4, 0.5) is 0 Å². The zero-order chi connectivity index (χ0) is 9.19. The smallest absolute Gasteiger partial charge is 0.408 e. The molecule has 0 unspecified atom stereocenters. The first-order chi connectivity index (χ1) is 5.52. The predicted molar refractivity (Wildman–Crippen MR) is 54.8 cm³/mol. The van der Waals surface area contributed by atoms with Crippen LogP contribution in [-0.4, -0.2) is 28.4 Å². The monoisotopic (exact) mass is 184 g/mol. The zero-order valence-electron chi connectivity index (χ0n) is 8.22. The van der Waals surface area contributed by atoms with E-state index in [0.29, 0.717) is 0 Å². The van der Waals surface area contributed by atoms with E-state index in [1.807, 2.05) is 0 Å². The van der Waals surface area contributed by atoms with Crippen molar-refractivity contribution in [1.29, 1.82) is 0 Å². The molecule has 0 atom stereocenters. The van der Waals surface area contributed by atoms with Crippen molar-refractivity contribution >= 4 is 15.2 Å². The molecule has 0 amide bonds. The van der Waals surface area contributed by atoms with Crippen LogP contribution >= 0.6 is 0 Å². The van der Waals surface area contributed by atoms with Gasteiger partial charge in [-0.3, -0.25) is 0 Å². The summed E-state index contributed by atoms with van der Waals surface area (Å²) in [6, 6.07) is 0. The fourth-order valence-electron chi connectivity index (χ4n) is 1.04. The van der Waals surface area contributed by atoms with Gasteiger partial charge in [0.1, 0.15) is 0 Å². The van der Waals surface area contributed by atoms with E-state index in [9.17, 15) is 0 Å². The molecule has 0 aromatic rings. The standard InChI is InChI=1S/C8H17BO2Si/c1-8(12(2,3)4)9-10-6-5-7-11-9/h1,5-7H2,2-4H3. The molecule has 0 N–H and O–H groups in total. The van der Waals surface area contributed by atoms with Crippen molar-refractivity contribution in [3.05, 3.63) is 11.7 Å². The topological polar surface area (TPSA) is 18.5 Å². The third-order valence-corrected chi connectivity index (χ3v) is 4.24. The van der Waals surface area contributed by atoms with Crippen LogP contribution in [0.1, 0.15) is 6.42 Å². The summed E-state index contributed by atoms with van der Waals surface area (Å²) >= 11 is 0. The second kappa shape index (κ2) is 3.77. The molecule has 0 aromatic heterocycles. The highest BCUT2D eigenvalue weighted by atomic mass is 28.3. The highest BCUT2D eigenvalue weighted by Crippen LogP contribution is 2.18. The van der Waals surface area contributed by atoms with Gasteiger partial charge in [0, 0.05) is 13.2 Å². The minimum Gasteiger partial charge on any atom is -0.408 e. The van der Waals surface area contributed by atoms with E-state index < -0.39 is 8.07 Å². The summed E-state index contributed by atoms with van der Waals surface area (Å²) in [5.74, 6) is 0. The van der Waals surface area contributed by atoms with E-state index in [0.717, 1.165) is 19.6 Å². The summed E-state index contributed by atoms with van der Waals surface area (Å²) in [6.07, 6.45) is 1.01. The first-order valence-electron chi connectivity index (χ1n) is 4.44. The lowest BCUT2D eigenvalue weighted by Gasteiger charge is -2.27. The van der Waals surface area contributed by atoms with Gasteiger partial charge < -0.3 is 9.31 Å². The van der Waals surface area contributed by atoms with Gasteiger partial charge >= 0.3 is 7.12 Å². The van der Waals surface area contributed by atoms with Crippen LogP contribution in [0.15, 0.2) is 11.7 Å². The molecular formula is C8H17BO2Si. The van der Waals surface area contributed by atoms with Gasteiger partial charge in [-0.1, -0.05) is 24.7 Å². The molecule has 0 spiro atoms. The molecule has 1 aliphatic heterocycles. The molecule has 0 saturated carbocycles. The summed E-state index contributed by atoms with van der Waals surface area (Å²) < 4.78 is 11.0. The third-order valence-electron chi connectivity index (χ3n) is 2.07. The highest BCUT2D eigenvalue weighted by Gasteiger charge is 2.33. The average molecular weight is 184 g/mol. The maximum atomic E-state index is 5.48. The van der Waals surface area contributed by atoms with Gasteiger partial charge in [-0.2, -0.15) is 0 Å². The summed E-state index contributed by atoms with van der Waals surface area (Å²) in [6.45, 7) is 12.5. The SMILES string of the molecule is C=C(B1OCCCO1)[Si](C)(C)C. The Kier molecular flexibility index (Phi) is 3.15. The Morgan fingerprint density at radius 2 is 1.75 bits per heavy atom. The van der Waals surface area contributed by atoms with Crippen LogP contribution in [0, 0.1) is 0 Å². The minimum atomic E-state index is -1.29. The number of hydrogen-bond acceptors (Lipinski definition) is 2. The van der Waals surface area contributed by atoms with Crippen LogP contribution < -0.4 is 0 Å². The second-order valence-electron chi connectivity index (χ2n) is 4.20. The maximum absolute atomic E-state index is 5.48. The normalized spacial score (nSPS) is 19.4. The Bertz CT molecular complexity index is 170. The maximum Gasteiger partial charge on any atom is 0.484 e. The first kappa shape index (κ1) is 10.0. The largest absolute Gasteiger partial charge is 0.484 e. The Morgan fingerprint density at radius 3 is 2.17 bits per heavy atom. The molecule has 68 valence electrons. The van der Waals surface area contributed by atoms with Crippen molar-refractivity contribution in [2.24, 2.45) is 0 Å². The Balaban J connectivity index is 2.51. The molecule has 12 heavy (non-hydrogen) atoms. The molecule has 4 heteroatoms. The summed E-state index contributed by atoms with van der Waals surface area (Å²) in [7, 11) is -1.41. The molecular weight excluding hydrogens is 167 g/mol. The van der Waals surface area contributed by atoms with Gasteiger partial charge in [-0.15, -0.1) is 6.58 Å². The van der Waals surface area contributed by atoms with Crippen molar-refractivity contribution < 1.29 is 9.31 Å². The zero-order valence-corrected chi connectivity index (χ0v) is 9.22. The van der Waals surface area contributed by atoms with Crippen molar-refractivity contribution in [3.8, 4) is 0 Å². The lowest BCUT2D eigenvalue weighted by Crippen LogP contribution is -2.41. The molecule has 2 nitrogen and oxygen atoms in total. The van der Waals surface area contributed by atoms with E-state index in [-0.39, 0.29) is 7.12 Å². The predicted octanol–water partition coefficient (Wildman–Crippen LogP) is 1.88. The lowest BCUT2D eigenvalue weighted by molar-refractivity contribution is 0.141. The summed E-state index contributed by atoms with van der Waals surface area (Å²) in [5.41, 5.74) is 0. The Hall–Kier alpha value is -0.0582. The van der Waals surface area contributed by atoms with Crippen LogP contribution in [0.2, 0.25) is 19.6 Å². The highest BCUT2D eigenvalue weighted by molar-refractivity contribution is 6.94. The van der Waals surface area contributed by atoms with Crippen molar-refractivity contribution in [2.75, 3.05) is 13.2 Å². The molecule has 1 heterocycles. The van der Waals surface area contributed by atoms with Gasteiger partial charge in [0.15, 0.2) is 0 Å². The second-order valence-corrected chi connectivity index (χ2v) is 9.34. The first-order valence-corrected chi connectivity index (χ1v) is 7.94. The van der Waals surface area contributed by atoms with E-state index in [1.54, 1.807) is 0 Å². The molecule has 1 rings (SSSR count). The molecule has 0 aliphatic carbocycles. The van der Waals surface area contributed by atoms with Crippen LogP contribution in [0.25, 0.3) is 0 Å². The van der Waals surface area contributed by atoms with E-state index in [4.69, 9.17) is 9.31 Å². The summed E-state index contributed by atoms with van der Waals surface area (Å²) in [5, 5.41) is 1.17. The molecule has 1 fully saturated rings. The molecule has 0 radical (unpaired) electrons. The van der Waals surface area contributed by atoms with Crippen molar-refractivity contribution in [2.45, 2.75) is 26.1 Å². The molecule has 0 aromatic carbocycles. The lowest BCUT2D eigenvalue weighted by atomic mass is 9.89. The number of hydrogen-bond donors (Lipinski definition) is 0. The van der Waals surface area contributed by atoms with Gasteiger partial charge in [-0.25, -0.2) is 0 Å². The van der Waals surface area contributed by atoms with E-state index in [2.05, 4.69) is 26.2 Å². The van der Waals surface area contributed by atoms with E-state index in [1.165, 1.54) is 5.10 Å². The van der Waals surface area contributed by atoms with Crippen LogP contribution in [0.5, 0.6) is 0 Å². The molecule has 1 aliphatic rings. The Labute approximate surface area is 76.1 Å². The number of rotatable bonds is 2. The van der Waals surface area contributed by atoms with Gasteiger partial charge in [-0.05, 0) is 6.42 Å².